The third-order valence-electron chi connectivity index (χ3n) is 3.10. The Hall–Kier alpha value is -1.24. The third kappa shape index (κ3) is 5.95. The van der Waals surface area contributed by atoms with Gasteiger partial charge in [0.05, 0.1) is 5.69 Å². The molecule has 1 aromatic heterocycles. The molecule has 0 spiro atoms. The van der Waals surface area contributed by atoms with Crippen molar-refractivity contribution in [2.24, 2.45) is 0 Å². The number of rotatable bonds is 9. The van der Waals surface area contributed by atoms with E-state index in [1.807, 2.05) is 0 Å². The summed E-state index contributed by atoms with van der Waals surface area (Å²) in [5.74, 6) is -0.0895. The summed E-state index contributed by atoms with van der Waals surface area (Å²) in [7, 11) is -1.13. The number of carbonyl (C=O) groups excluding carboxylic acids is 1. The lowest BCUT2D eigenvalue weighted by Gasteiger charge is -2.15. The van der Waals surface area contributed by atoms with Gasteiger partial charge in [0.2, 0.25) is 0 Å². The molecular weight excluding hydrogens is 284 g/mol. The smallest absolute Gasteiger partial charge is 0.177 e. The van der Waals surface area contributed by atoms with Gasteiger partial charge >= 0.3 is 0 Å². The molecule has 1 unspecified atom stereocenters. The lowest BCUT2D eigenvalue weighted by atomic mass is 10.1. The Bertz CT molecular complexity index is 492. The highest BCUT2D eigenvalue weighted by Gasteiger charge is 2.17. The zero-order chi connectivity index (χ0) is 16.0. The number of aromatic nitrogens is 2. The Morgan fingerprint density at radius 1 is 1.57 bits per heavy atom. The maximum Gasteiger partial charge on any atom is 0.177 e. The molecule has 0 aliphatic carbocycles. The van der Waals surface area contributed by atoms with Gasteiger partial charge in [-0.15, -0.1) is 6.58 Å². The number of hydrogen-bond donors (Lipinski definition) is 1. The van der Waals surface area contributed by atoms with E-state index in [4.69, 9.17) is 4.74 Å². The van der Waals surface area contributed by atoms with Crippen LogP contribution in [0.3, 0.4) is 0 Å². The number of aliphatic hydroxyl groups is 1. The molecule has 0 saturated heterocycles. The number of hydrogen-bond acceptors (Lipinski definition) is 4. The molecule has 1 aromatic rings. The number of Topliss-reactive ketones (excluding diaryl/α,β-unsaturated/α-hetero) is 1. The van der Waals surface area contributed by atoms with Crippen LogP contribution in [0.25, 0.3) is 0 Å². The first-order valence-corrected chi connectivity index (χ1v) is 10.9. The first-order chi connectivity index (χ1) is 9.74. The molecule has 0 aromatic carbocycles. The van der Waals surface area contributed by atoms with E-state index in [9.17, 15) is 9.90 Å². The average Bonchev–Trinajstić information content (AvgIpc) is 2.78. The Morgan fingerprint density at radius 2 is 2.24 bits per heavy atom. The van der Waals surface area contributed by atoms with E-state index in [1.54, 1.807) is 12.1 Å². The van der Waals surface area contributed by atoms with Crippen molar-refractivity contribution < 1.29 is 14.6 Å². The van der Waals surface area contributed by atoms with Crippen molar-refractivity contribution in [3.8, 4) is 0 Å². The topological polar surface area (TPSA) is 64.3 Å². The van der Waals surface area contributed by atoms with Crippen LogP contribution in [0.1, 0.15) is 35.6 Å². The Labute approximate surface area is 127 Å². The molecule has 0 radical (unpaired) electrons. The third-order valence-corrected chi connectivity index (χ3v) is 4.81. The Kier molecular flexibility index (Phi) is 6.51. The van der Waals surface area contributed by atoms with Gasteiger partial charge < -0.3 is 9.84 Å². The summed E-state index contributed by atoms with van der Waals surface area (Å²) in [5.41, 5.74) is 0.940. The Morgan fingerprint density at radius 3 is 2.76 bits per heavy atom. The predicted octanol–water partition coefficient (Wildman–Crippen LogP) is 3.01. The number of nitrogens with zero attached hydrogens (tertiary/aromatic N) is 2. The van der Waals surface area contributed by atoms with Crippen molar-refractivity contribution in [3.05, 3.63) is 30.1 Å². The van der Waals surface area contributed by atoms with Crippen LogP contribution in [0.4, 0.5) is 0 Å². The van der Waals surface area contributed by atoms with Crippen LogP contribution in [0.2, 0.25) is 25.7 Å². The predicted molar refractivity (Wildman–Crippen MR) is 86.1 cm³/mol. The number of ether oxygens (including phenoxy) is 1. The van der Waals surface area contributed by atoms with Gasteiger partial charge in [-0.3, -0.25) is 4.79 Å². The second kappa shape index (κ2) is 7.68. The van der Waals surface area contributed by atoms with Gasteiger partial charge in [0.1, 0.15) is 18.5 Å². The SMILES string of the molecule is C=CCC(O)c1cc(C(C)=O)n(COCC[Si](C)(C)C)n1. The summed E-state index contributed by atoms with van der Waals surface area (Å²) >= 11 is 0. The molecule has 0 fully saturated rings. The first kappa shape index (κ1) is 17.8. The molecule has 5 nitrogen and oxygen atoms in total. The zero-order valence-corrected chi connectivity index (χ0v) is 14.4. The zero-order valence-electron chi connectivity index (χ0n) is 13.4. The quantitative estimate of drug-likeness (QED) is 0.329. The van der Waals surface area contributed by atoms with Gasteiger partial charge in [-0.25, -0.2) is 4.68 Å². The highest BCUT2D eigenvalue weighted by Crippen LogP contribution is 2.17. The average molecular weight is 310 g/mol. The molecule has 6 heteroatoms. The minimum atomic E-state index is -1.13. The van der Waals surface area contributed by atoms with Crippen molar-refractivity contribution in [2.75, 3.05) is 6.61 Å². The highest BCUT2D eigenvalue weighted by atomic mass is 28.3. The largest absolute Gasteiger partial charge is 0.386 e. The second-order valence-electron chi connectivity index (χ2n) is 6.40. The lowest BCUT2D eigenvalue weighted by molar-refractivity contribution is 0.0722. The van der Waals surface area contributed by atoms with Crippen LogP contribution in [0, 0.1) is 0 Å². The molecule has 0 aliphatic heterocycles. The summed E-state index contributed by atoms with van der Waals surface area (Å²) in [6.07, 6.45) is 1.30. The van der Waals surface area contributed by atoms with Crippen LogP contribution in [0.5, 0.6) is 0 Å². The Balaban J connectivity index is 2.71. The van der Waals surface area contributed by atoms with Crippen LogP contribution in [0.15, 0.2) is 18.7 Å². The number of carbonyl (C=O) groups is 1. The minimum absolute atomic E-state index is 0.0895. The first-order valence-electron chi connectivity index (χ1n) is 7.20. The van der Waals surface area contributed by atoms with Crippen molar-refractivity contribution in [2.45, 2.75) is 51.9 Å². The summed E-state index contributed by atoms with van der Waals surface area (Å²) < 4.78 is 7.14. The van der Waals surface area contributed by atoms with Crippen molar-refractivity contribution in [3.63, 3.8) is 0 Å². The summed E-state index contributed by atoms with van der Waals surface area (Å²) in [5, 5.41) is 14.2. The van der Waals surface area contributed by atoms with Crippen molar-refractivity contribution in [1.82, 2.24) is 9.78 Å². The maximum absolute atomic E-state index is 11.6. The monoisotopic (exact) mass is 310 g/mol. The van der Waals surface area contributed by atoms with Crippen molar-refractivity contribution >= 4 is 13.9 Å². The number of aliphatic hydroxyl groups excluding tert-OH is 1. The molecule has 0 aliphatic rings. The summed E-state index contributed by atoms with van der Waals surface area (Å²) in [6, 6.07) is 2.69. The van der Waals surface area contributed by atoms with Crippen LogP contribution in [-0.4, -0.2) is 35.4 Å². The van der Waals surface area contributed by atoms with Crippen LogP contribution < -0.4 is 0 Å². The molecule has 1 rings (SSSR count). The molecule has 0 saturated carbocycles. The van der Waals surface area contributed by atoms with Gasteiger partial charge in [0, 0.05) is 21.6 Å². The summed E-state index contributed by atoms with van der Waals surface area (Å²) in [4.78, 5) is 11.6. The van der Waals surface area contributed by atoms with Crippen LogP contribution in [-0.2, 0) is 11.5 Å². The molecule has 1 N–H and O–H groups in total. The van der Waals surface area contributed by atoms with Gasteiger partial charge in [-0.05, 0) is 18.5 Å². The molecular formula is C15H26N2O3Si. The maximum atomic E-state index is 11.6. The molecule has 0 amide bonds. The van der Waals surface area contributed by atoms with E-state index in [0.29, 0.717) is 24.4 Å². The standard InChI is InChI=1S/C15H26N2O3Si/c1-6-7-15(19)13-10-14(12(2)18)17(16-13)11-20-8-9-21(3,4)5/h6,10,15,19H,1,7-9,11H2,2-5H3. The molecule has 1 heterocycles. The minimum Gasteiger partial charge on any atom is -0.386 e. The molecule has 1 atom stereocenters. The molecule has 118 valence electrons. The van der Waals surface area contributed by atoms with Gasteiger partial charge in [-0.1, -0.05) is 25.7 Å². The van der Waals surface area contributed by atoms with E-state index in [0.717, 1.165) is 6.04 Å². The van der Waals surface area contributed by atoms with E-state index in [2.05, 4.69) is 31.3 Å². The fourth-order valence-corrected chi connectivity index (χ4v) is 2.55. The van der Waals surface area contributed by atoms with Gasteiger partial charge in [-0.2, -0.15) is 5.10 Å². The fourth-order valence-electron chi connectivity index (χ4n) is 1.79. The summed E-state index contributed by atoms with van der Waals surface area (Å²) in [6.45, 7) is 12.8. The van der Waals surface area contributed by atoms with E-state index < -0.39 is 14.2 Å². The molecule has 21 heavy (non-hydrogen) atoms. The van der Waals surface area contributed by atoms with Crippen molar-refractivity contribution in [1.29, 1.82) is 0 Å². The van der Waals surface area contributed by atoms with Gasteiger partial charge in [0.25, 0.3) is 0 Å². The molecule has 0 bridgehead atoms. The lowest BCUT2D eigenvalue weighted by Crippen LogP contribution is -2.22. The van der Waals surface area contributed by atoms with E-state index in [-0.39, 0.29) is 12.5 Å². The van der Waals surface area contributed by atoms with Gasteiger partial charge in [0.15, 0.2) is 5.78 Å². The van der Waals surface area contributed by atoms with E-state index >= 15 is 0 Å². The fraction of sp³-hybridized carbons (Fsp3) is 0.600. The highest BCUT2D eigenvalue weighted by molar-refractivity contribution is 6.76. The normalized spacial score (nSPS) is 13.2. The van der Waals surface area contributed by atoms with Crippen LogP contribution >= 0.6 is 0 Å². The van der Waals surface area contributed by atoms with E-state index in [1.165, 1.54) is 11.6 Å². The number of ketones is 1. The second-order valence-corrected chi connectivity index (χ2v) is 12.0.